The summed E-state index contributed by atoms with van der Waals surface area (Å²) in [4.78, 5) is 24.9. The molecule has 3 aliphatic rings. The van der Waals surface area contributed by atoms with Crippen LogP contribution in [0.2, 0.25) is 0 Å². The topological polar surface area (TPSA) is 66.8 Å². The summed E-state index contributed by atoms with van der Waals surface area (Å²) in [7, 11) is 0. The Balaban J connectivity index is 2.05. The fourth-order valence-electron chi connectivity index (χ4n) is 2.98. The molecule has 3 unspecified atom stereocenters. The van der Waals surface area contributed by atoms with Gasteiger partial charge in [-0.1, -0.05) is 0 Å². The normalized spacial score (nSPS) is 34.8. The summed E-state index contributed by atoms with van der Waals surface area (Å²) < 4.78 is 5.51. The Hall–Kier alpha value is -1.78. The van der Waals surface area contributed by atoms with E-state index in [9.17, 15) is 9.59 Å². The first-order valence-electron chi connectivity index (χ1n) is 5.77. The number of carbonyl (C=O) groups is 2. The highest BCUT2D eigenvalue weighted by Gasteiger charge is 2.47. The predicted molar refractivity (Wildman–Crippen MR) is 57.7 cm³/mol. The third-order valence-corrected chi connectivity index (χ3v) is 3.74. The van der Waals surface area contributed by atoms with Gasteiger partial charge in [0, 0.05) is 18.3 Å². The molecule has 0 spiro atoms. The fraction of sp³-hybridized carbons (Fsp3) is 0.500. The summed E-state index contributed by atoms with van der Waals surface area (Å²) in [5.74, 6) is -1.63. The Morgan fingerprint density at radius 1 is 1.47 bits per heavy atom. The van der Waals surface area contributed by atoms with Gasteiger partial charge in [-0.15, -0.1) is 0 Å². The summed E-state index contributed by atoms with van der Waals surface area (Å²) in [6.07, 6.45) is 7.30. The van der Waals surface area contributed by atoms with Crippen LogP contribution in [0.15, 0.2) is 24.2 Å². The van der Waals surface area contributed by atoms with Crippen molar-refractivity contribution in [2.45, 2.75) is 31.4 Å². The predicted octanol–water partition coefficient (Wildman–Crippen LogP) is 0.878. The lowest BCUT2D eigenvalue weighted by Crippen LogP contribution is -2.54. The Labute approximate surface area is 98.3 Å². The average molecular weight is 235 g/mol. The number of carboxylic acid groups (broad SMARTS) is 1. The van der Waals surface area contributed by atoms with Gasteiger partial charge in [0.25, 0.3) is 0 Å². The molecular formula is C12H13NO4. The molecule has 17 heavy (non-hydrogen) atoms. The maximum atomic E-state index is 12.1. The van der Waals surface area contributed by atoms with E-state index in [0.29, 0.717) is 0 Å². The van der Waals surface area contributed by atoms with Gasteiger partial charge in [-0.3, -0.25) is 4.79 Å². The van der Waals surface area contributed by atoms with Crippen LogP contribution in [0.5, 0.6) is 0 Å². The molecule has 5 heteroatoms. The molecule has 1 fully saturated rings. The van der Waals surface area contributed by atoms with Gasteiger partial charge in [0.15, 0.2) is 5.78 Å². The van der Waals surface area contributed by atoms with E-state index in [4.69, 9.17) is 9.84 Å². The number of ether oxygens (including phenoxy) is 1. The molecule has 3 rings (SSSR count). The van der Waals surface area contributed by atoms with Crippen molar-refractivity contribution in [3.8, 4) is 0 Å². The van der Waals surface area contributed by atoms with E-state index in [1.54, 1.807) is 12.5 Å². The van der Waals surface area contributed by atoms with Crippen LogP contribution in [0.4, 0.5) is 0 Å². The minimum Gasteiger partial charge on any atom is -0.494 e. The zero-order valence-corrected chi connectivity index (χ0v) is 9.20. The molecule has 0 radical (unpaired) electrons. The number of nitrogens with zero attached hydrogens (tertiary/aromatic N) is 1. The van der Waals surface area contributed by atoms with Crippen molar-refractivity contribution in [3.05, 3.63) is 24.2 Å². The lowest BCUT2D eigenvalue weighted by molar-refractivity contribution is -0.138. The number of carboxylic acids is 1. The number of carbonyl (C=O) groups excluding carboxylic acids is 1. The van der Waals surface area contributed by atoms with E-state index in [-0.39, 0.29) is 29.4 Å². The van der Waals surface area contributed by atoms with Crippen molar-refractivity contribution in [2.24, 2.45) is 5.92 Å². The monoisotopic (exact) mass is 235 g/mol. The second-order valence-electron chi connectivity index (χ2n) is 4.65. The fourth-order valence-corrected chi connectivity index (χ4v) is 2.98. The van der Waals surface area contributed by atoms with E-state index in [1.807, 2.05) is 4.90 Å². The third kappa shape index (κ3) is 1.45. The van der Waals surface area contributed by atoms with Crippen molar-refractivity contribution in [3.63, 3.8) is 0 Å². The zero-order chi connectivity index (χ0) is 12.0. The van der Waals surface area contributed by atoms with Gasteiger partial charge in [-0.25, -0.2) is 4.79 Å². The molecule has 3 atom stereocenters. The summed E-state index contributed by atoms with van der Waals surface area (Å²) in [5, 5.41) is 9.03. The van der Waals surface area contributed by atoms with Gasteiger partial charge in [-0.2, -0.15) is 0 Å². The van der Waals surface area contributed by atoms with Crippen molar-refractivity contribution in [1.29, 1.82) is 0 Å². The van der Waals surface area contributed by atoms with Crippen LogP contribution in [0.1, 0.15) is 19.3 Å². The highest BCUT2D eigenvalue weighted by molar-refractivity contribution is 6.18. The van der Waals surface area contributed by atoms with Crippen molar-refractivity contribution in [2.75, 3.05) is 0 Å². The van der Waals surface area contributed by atoms with Crippen LogP contribution in [0.25, 0.3) is 0 Å². The minimum atomic E-state index is -1.14. The van der Waals surface area contributed by atoms with Crippen LogP contribution in [-0.4, -0.2) is 33.9 Å². The van der Waals surface area contributed by atoms with Gasteiger partial charge in [-0.05, 0) is 19.3 Å². The van der Waals surface area contributed by atoms with E-state index in [2.05, 4.69) is 0 Å². The first kappa shape index (κ1) is 10.4. The Morgan fingerprint density at radius 2 is 2.29 bits per heavy atom. The van der Waals surface area contributed by atoms with Crippen LogP contribution in [0, 0.1) is 5.92 Å². The number of ketones is 1. The Bertz CT molecular complexity index is 440. The Kier molecular flexibility index (Phi) is 2.21. The molecule has 0 amide bonds. The second-order valence-corrected chi connectivity index (χ2v) is 4.65. The first-order chi connectivity index (χ1) is 8.18. The maximum absolute atomic E-state index is 12.1. The van der Waals surface area contributed by atoms with Crippen LogP contribution < -0.4 is 0 Å². The summed E-state index contributed by atoms with van der Waals surface area (Å²) in [6, 6.07) is -0.0238. The number of Topliss-reactive ketones (excluding diaryl/α,β-unsaturated/α-hetero) is 1. The average Bonchev–Trinajstić information content (AvgIpc) is 2.33. The molecule has 1 aliphatic carbocycles. The smallest absolute Gasteiger partial charge is 0.340 e. The lowest BCUT2D eigenvalue weighted by atomic mass is 9.75. The van der Waals surface area contributed by atoms with Crippen LogP contribution in [-0.2, 0) is 14.3 Å². The van der Waals surface area contributed by atoms with E-state index >= 15 is 0 Å². The van der Waals surface area contributed by atoms with E-state index < -0.39 is 5.97 Å². The van der Waals surface area contributed by atoms with Crippen molar-refractivity contribution in [1.82, 2.24) is 4.90 Å². The van der Waals surface area contributed by atoms with E-state index in [1.165, 1.54) is 6.20 Å². The SMILES string of the molecule is O=C(O)C1=CN2C=COC3CCCC(C1=O)C32. The molecule has 0 bridgehead atoms. The highest BCUT2D eigenvalue weighted by atomic mass is 16.5. The maximum Gasteiger partial charge on any atom is 0.340 e. The molecule has 2 heterocycles. The quantitative estimate of drug-likeness (QED) is 0.683. The molecule has 1 N–H and O–H groups in total. The molecule has 0 saturated heterocycles. The number of rotatable bonds is 1. The highest BCUT2D eigenvalue weighted by Crippen LogP contribution is 2.38. The standard InChI is InChI=1S/C12H13NO4/c14-11-7-2-1-3-9-10(7)13(4-5-17-9)6-8(11)12(15)16/h4-7,9-10H,1-3H2,(H,15,16). The third-order valence-electron chi connectivity index (χ3n) is 3.74. The molecule has 0 aromatic rings. The molecular weight excluding hydrogens is 222 g/mol. The molecule has 0 aromatic heterocycles. The molecule has 0 aromatic carbocycles. The molecule has 5 nitrogen and oxygen atoms in total. The second kappa shape index (κ2) is 3.61. The van der Waals surface area contributed by atoms with Crippen LogP contribution >= 0.6 is 0 Å². The van der Waals surface area contributed by atoms with Crippen LogP contribution in [0.3, 0.4) is 0 Å². The van der Waals surface area contributed by atoms with Gasteiger partial charge in [0.2, 0.25) is 0 Å². The van der Waals surface area contributed by atoms with E-state index in [0.717, 1.165) is 19.3 Å². The largest absolute Gasteiger partial charge is 0.494 e. The lowest BCUT2D eigenvalue weighted by Gasteiger charge is -2.46. The Morgan fingerprint density at radius 3 is 3.06 bits per heavy atom. The van der Waals surface area contributed by atoms with Gasteiger partial charge >= 0.3 is 5.97 Å². The molecule has 1 saturated carbocycles. The molecule has 90 valence electrons. The number of hydrogen-bond acceptors (Lipinski definition) is 4. The van der Waals surface area contributed by atoms with Gasteiger partial charge in [0.1, 0.15) is 11.7 Å². The molecule has 2 aliphatic heterocycles. The number of hydrogen-bond donors (Lipinski definition) is 1. The number of aliphatic carboxylic acids is 1. The summed E-state index contributed by atoms with van der Waals surface area (Å²) in [6.45, 7) is 0. The van der Waals surface area contributed by atoms with Gasteiger partial charge in [0.05, 0.1) is 12.3 Å². The summed E-state index contributed by atoms with van der Waals surface area (Å²) in [5.41, 5.74) is -0.113. The first-order valence-corrected chi connectivity index (χ1v) is 5.77. The minimum absolute atomic E-state index is 0.00861. The van der Waals surface area contributed by atoms with Crippen molar-refractivity contribution >= 4 is 11.8 Å². The summed E-state index contributed by atoms with van der Waals surface area (Å²) >= 11 is 0. The van der Waals surface area contributed by atoms with Crippen molar-refractivity contribution < 1.29 is 19.4 Å². The zero-order valence-electron chi connectivity index (χ0n) is 9.20. The van der Waals surface area contributed by atoms with Gasteiger partial charge < -0.3 is 14.7 Å².